The van der Waals surface area contributed by atoms with Crippen molar-refractivity contribution in [1.29, 1.82) is 0 Å². The van der Waals surface area contributed by atoms with E-state index in [-0.39, 0.29) is 18.4 Å². The van der Waals surface area contributed by atoms with Gasteiger partial charge in [-0.25, -0.2) is 4.98 Å². The molecule has 7 nitrogen and oxygen atoms in total. The first kappa shape index (κ1) is 25.7. The first-order valence-corrected chi connectivity index (χ1v) is 13.4. The molecule has 3 aromatic carbocycles. The van der Waals surface area contributed by atoms with Gasteiger partial charge >= 0.3 is 0 Å². The second-order valence-electron chi connectivity index (χ2n) is 10.3. The molecule has 2 unspecified atom stereocenters. The van der Waals surface area contributed by atoms with Crippen molar-refractivity contribution in [3.63, 3.8) is 0 Å². The van der Waals surface area contributed by atoms with Crippen LogP contribution in [0.25, 0.3) is 21.5 Å². The number of aromatic nitrogens is 1. The van der Waals surface area contributed by atoms with E-state index in [0.29, 0.717) is 18.3 Å². The summed E-state index contributed by atoms with van der Waals surface area (Å²) in [6.45, 7) is 0.166. The van der Waals surface area contributed by atoms with Gasteiger partial charge in [0, 0.05) is 23.5 Å². The number of pyridine rings is 1. The number of nitrogen functional groups attached to an aromatic ring is 1. The molecule has 4 aromatic rings. The first-order valence-electron chi connectivity index (χ1n) is 13.4. The molecule has 0 aliphatic heterocycles. The van der Waals surface area contributed by atoms with Crippen LogP contribution < -0.4 is 22.1 Å². The Kier molecular flexibility index (Phi) is 7.84. The van der Waals surface area contributed by atoms with Crippen LogP contribution in [0.4, 0.5) is 5.82 Å². The van der Waals surface area contributed by atoms with Gasteiger partial charge in [0.1, 0.15) is 11.9 Å². The fourth-order valence-corrected chi connectivity index (χ4v) is 5.75. The van der Waals surface area contributed by atoms with Crippen LogP contribution in [0.3, 0.4) is 0 Å². The molecule has 38 heavy (non-hydrogen) atoms. The third kappa shape index (κ3) is 5.78. The third-order valence-corrected chi connectivity index (χ3v) is 7.72. The Bertz CT molecular complexity index is 1440. The van der Waals surface area contributed by atoms with Crippen LogP contribution in [0.2, 0.25) is 0 Å². The van der Waals surface area contributed by atoms with E-state index in [2.05, 4.69) is 27.8 Å². The average molecular weight is 510 g/mol. The number of hydrogen-bond donors (Lipinski definition) is 4. The minimum Gasteiger partial charge on any atom is -0.383 e. The monoisotopic (exact) mass is 509 g/mol. The summed E-state index contributed by atoms with van der Waals surface area (Å²) >= 11 is 0. The van der Waals surface area contributed by atoms with Crippen molar-refractivity contribution in [1.82, 2.24) is 15.6 Å². The normalized spacial score (nSPS) is 15.8. The molecule has 7 heteroatoms. The summed E-state index contributed by atoms with van der Waals surface area (Å²) in [5.41, 5.74) is 14.0. The first-order chi connectivity index (χ1) is 18.5. The number of nitrogens with two attached hydrogens (primary N) is 2. The van der Waals surface area contributed by atoms with E-state index in [1.807, 2.05) is 54.6 Å². The van der Waals surface area contributed by atoms with Crippen LogP contribution >= 0.6 is 0 Å². The molecule has 0 bridgehead atoms. The number of carbonyl (C=O) groups excluding carboxylic acids is 2. The number of fused-ring (bicyclic) bond motifs is 2. The number of benzene rings is 3. The van der Waals surface area contributed by atoms with Crippen LogP contribution in [-0.2, 0) is 16.0 Å². The van der Waals surface area contributed by atoms with Crippen LogP contribution in [0.15, 0.2) is 72.9 Å². The fourth-order valence-electron chi connectivity index (χ4n) is 5.75. The highest BCUT2D eigenvalue weighted by molar-refractivity contribution is 5.92. The predicted molar refractivity (Wildman–Crippen MR) is 153 cm³/mol. The van der Waals surface area contributed by atoms with Gasteiger partial charge in [0.15, 0.2) is 0 Å². The number of rotatable bonds is 9. The lowest BCUT2D eigenvalue weighted by Crippen LogP contribution is -2.51. The third-order valence-electron chi connectivity index (χ3n) is 7.72. The maximum atomic E-state index is 13.1. The molecule has 0 saturated heterocycles. The van der Waals surface area contributed by atoms with Crippen LogP contribution in [0, 0.1) is 0 Å². The van der Waals surface area contributed by atoms with Crippen molar-refractivity contribution in [3.8, 4) is 0 Å². The number of nitrogens with zero attached hydrogens (tertiary/aromatic N) is 1. The highest BCUT2D eigenvalue weighted by atomic mass is 16.2. The summed E-state index contributed by atoms with van der Waals surface area (Å²) in [6, 6.07) is 21.6. The molecular weight excluding hydrogens is 474 g/mol. The lowest BCUT2D eigenvalue weighted by atomic mass is 9.82. The molecular formula is C31H35N5O2. The Hall–Kier alpha value is -3.97. The molecule has 5 rings (SSSR count). The van der Waals surface area contributed by atoms with Crippen molar-refractivity contribution in [2.45, 2.75) is 56.5 Å². The minimum absolute atomic E-state index is 0.166. The summed E-state index contributed by atoms with van der Waals surface area (Å²) in [5, 5.41) is 10.3. The van der Waals surface area contributed by atoms with Gasteiger partial charge in [-0.2, -0.15) is 0 Å². The van der Waals surface area contributed by atoms with E-state index < -0.39 is 11.9 Å². The minimum atomic E-state index is -0.875. The number of primary amides is 1. The number of nitrogens with one attached hydrogen (secondary N) is 2. The number of carbonyl (C=O) groups is 2. The van der Waals surface area contributed by atoms with Crippen molar-refractivity contribution in [3.05, 3.63) is 84.1 Å². The molecule has 1 fully saturated rings. The zero-order valence-corrected chi connectivity index (χ0v) is 21.5. The maximum absolute atomic E-state index is 13.1. The molecule has 2 atom stereocenters. The van der Waals surface area contributed by atoms with Gasteiger partial charge in [0.2, 0.25) is 11.8 Å². The molecule has 196 valence electrons. The number of anilines is 1. The SMILES string of the molecule is NC(=O)C(NC(=O)CNC1CCCCC1)C(Cc1ccc2c(N)nccc2c1)c1cccc2ccccc12. The van der Waals surface area contributed by atoms with Crippen molar-refractivity contribution in [2.75, 3.05) is 12.3 Å². The molecule has 1 heterocycles. The molecule has 2 amide bonds. The van der Waals surface area contributed by atoms with Gasteiger partial charge in [-0.1, -0.05) is 79.9 Å². The Labute approximate surface area is 223 Å². The van der Waals surface area contributed by atoms with E-state index in [1.54, 1.807) is 6.20 Å². The summed E-state index contributed by atoms with van der Waals surface area (Å²) in [4.78, 5) is 30.1. The lowest BCUT2D eigenvalue weighted by molar-refractivity contribution is -0.127. The van der Waals surface area contributed by atoms with Crippen LogP contribution in [0.5, 0.6) is 0 Å². The average Bonchev–Trinajstić information content (AvgIpc) is 2.94. The molecule has 0 radical (unpaired) electrons. The Morgan fingerprint density at radius 1 is 0.921 bits per heavy atom. The molecule has 1 aliphatic carbocycles. The second kappa shape index (κ2) is 11.6. The van der Waals surface area contributed by atoms with E-state index in [9.17, 15) is 9.59 Å². The van der Waals surface area contributed by atoms with E-state index in [1.165, 1.54) is 19.3 Å². The highest BCUT2D eigenvalue weighted by Gasteiger charge is 2.31. The van der Waals surface area contributed by atoms with Crippen LogP contribution in [0.1, 0.15) is 49.1 Å². The van der Waals surface area contributed by atoms with Gasteiger partial charge in [0.25, 0.3) is 0 Å². The van der Waals surface area contributed by atoms with E-state index in [4.69, 9.17) is 11.5 Å². The Balaban J connectivity index is 1.47. The second-order valence-corrected chi connectivity index (χ2v) is 10.3. The number of amides is 2. The smallest absolute Gasteiger partial charge is 0.240 e. The van der Waals surface area contributed by atoms with Gasteiger partial charge in [-0.15, -0.1) is 0 Å². The predicted octanol–water partition coefficient (Wildman–Crippen LogP) is 4.19. The van der Waals surface area contributed by atoms with Gasteiger partial charge in [-0.3, -0.25) is 9.59 Å². The molecule has 1 aromatic heterocycles. The highest BCUT2D eigenvalue weighted by Crippen LogP contribution is 2.32. The topological polar surface area (TPSA) is 123 Å². The van der Waals surface area contributed by atoms with Gasteiger partial charge < -0.3 is 22.1 Å². The van der Waals surface area contributed by atoms with Crippen molar-refractivity contribution < 1.29 is 9.59 Å². The van der Waals surface area contributed by atoms with Crippen LogP contribution in [-0.4, -0.2) is 35.4 Å². The van der Waals surface area contributed by atoms with Crippen molar-refractivity contribution >= 4 is 39.2 Å². The fraction of sp³-hybridized carbons (Fsp3) is 0.323. The summed E-state index contributed by atoms with van der Waals surface area (Å²) in [7, 11) is 0. The summed E-state index contributed by atoms with van der Waals surface area (Å²) in [6.07, 6.45) is 7.96. The quantitative estimate of drug-likeness (QED) is 0.269. The largest absolute Gasteiger partial charge is 0.383 e. The van der Waals surface area contributed by atoms with Gasteiger partial charge in [0.05, 0.1) is 6.54 Å². The number of hydrogen-bond acceptors (Lipinski definition) is 5. The molecule has 1 aliphatic rings. The Morgan fingerprint density at radius 2 is 1.71 bits per heavy atom. The summed E-state index contributed by atoms with van der Waals surface area (Å²) < 4.78 is 0. The molecule has 1 saturated carbocycles. The van der Waals surface area contributed by atoms with Gasteiger partial charge in [-0.05, 0) is 52.6 Å². The van der Waals surface area contributed by atoms with Crippen molar-refractivity contribution in [2.24, 2.45) is 5.73 Å². The zero-order chi connectivity index (χ0) is 26.5. The zero-order valence-electron chi connectivity index (χ0n) is 21.5. The Morgan fingerprint density at radius 3 is 2.53 bits per heavy atom. The standard InChI is InChI=1S/C31H35N5O2/c32-30-25-14-13-20(17-22(25)15-16-34-30)18-27(26-12-6-8-21-7-4-5-11-24(21)26)29(31(33)38)36-28(37)19-35-23-9-2-1-3-10-23/h4-8,11-17,23,27,29,35H,1-3,9-10,18-19H2,(H2,32,34)(H2,33,38)(H,36,37). The lowest BCUT2D eigenvalue weighted by Gasteiger charge is -2.28. The molecule has 0 spiro atoms. The molecule has 6 N–H and O–H groups in total. The summed E-state index contributed by atoms with van der Waals surface area (Å²) in [5.74, 6) is -0.661. The van der Waals surface area contributed by atoms with E-state index >= 15 is 0 Å². The van der Waals surface area contributed by atoms with E-state index in [0.717, 1.165) is 45.5 Å². The maximum Gasteiger partial charge on any atom is 0.240 e.